The Bertz CT molecular complexity index is 775. The zero-order valence-corrected chi connectivity index (χ0v) is 15.7. The summed E-state index contributed by atoms with van der Waals surface area (Å²) in [7, 11) is 0. The Kier molecular flexibility index (Phi) is 7.11. The van der Waals surface area contributed by atoms with Crippen LogP contribution in [0.5, 0.6) is 0 Å². The van der Waals surface area contributed by atoms with E-state index in [1.807, 2.05) is 50.2 Å². The van der Waals surface area contributed by atoms with Crippen molar-refractivity contribution in [1.82, 2.24) is 10.4 Å². The van der Waals surface area contributed by atoms with Crippen molar-refractivity contribution in [2.24, 2.45) is 5.92 Å². The molecule has 1 N–H and O–H groups in total. The quantitative estimate of drug-likeness (QED) is 0.796. The van der Waals surface area contributed by atoms with Crippen molar-refractivity contribution in [1.29, 1.82) is 0 Å². The van der Waals surface area contributed by atoms with E-state index in [0.717, 1.165) is 10.6 Å². The Morgan fingerprint density at radius 2 is 1.52 bits per heavy atom. The van der Waals surface area contributed by atoms with E-state index < -0.39 is 17.9 Å². The number of amides is 2. The van der Waals surface area contributed by atoms with Gasteiger partial charge in [0, 0.05) is 12.5 Å². The molecule has 0 heterocycles. The summed E-state index contributed by atoms with van der Waals surface area (Å²) in [6, 6.07) is 17.0. The maximum Gasteiger partial charge on any atom is 0.329 e. The summed E-state index contributed by atoms with van der Waals surface area (Å²) in [4.78, 5) is 42.1. The minimum absolute atomic E-state index is 0.101. The number of hydroxylamine groups is 2. The van der Waals surface area contributed by atoms with Gasteiger partial charge in [0.15, 0.2) is 0 Å². The van der Waals surface area contributed by atoms with E-state index in [-0.39, 0.29) is 18.4 Å². The van der Waals surface area contributed by atoms with E-state index in [1.165, 1.54) is 6.92 Å². The molecule has 0 aliphatic rings. The largest absolute Gasteiger partial charge is 0.340 e. The highest BCUT2D eigenvalue weighted by molar-refractivity contribution is 5.97. The minimum atomic E-state index is -0.833. The number of rotatable bonds is 6. The Morgan fingerprint density at radius 1 is 0.963 bits per heavy atom. The molecule has 0 aliphatic carbocycles. The minimum Gasteiger partial charge on any atom is -0.340 e. The standard InChI is InChI=1S/C21H24N2O4/c1-15(2)19(22-20(25)18-12-8-5-9-13-18)21(26)23(27-16(3)24)14-17-10-6-4-7-11-17/h4-13,15,19H,14H2,1-3H3,(H,22,25)/t19-/m0/s1. The number of nitrogens with one attached hydrogen (secondary N) is 1. The van der Waals surface area contributed by atoms with Crippen LogP contribution in [0, 0.1) is 5.92 Å². The van der Waals surface area contributed by atoms with Crippen molar-refractivity contribution >= 4 is 17.8 Å². The fourth-order valence-corrected chi connectivity index (χ4v) is 2.54. The number of carbonyl (C=O) groups excluding carboxylic acids is 3. The third-order valence-corrected chi connectivity index (χ3v) is 3.91. The van der Waals surface area contributed by atoms with E-state index in [0.29, 0.717) is 5.56 Å². The monoisotopic (exact) mass is 368 g/mol. The normalized spacial score (nSPS) is 11.6. The molecule has 0 unspecified atom stereocenters. The molecular formula is C21H24N2O4. The summed E-state index contributed by atoms with van der Waals surface area (Å²) in [5.74, 6) is -1.63. The maximum atomic E-state index is 13.0. The molecule has 6 heteroatoms. The lowest BCUT2D eigenvalue weighted by atomic mass is 10.0. The van der Waals surface area contributed by atoms with Crippen molar-refractivity contribution in [3.05, 3.63) is 71.8 Å². The first-order chi connectivity index (χ1) is 12.9. The molecule has 2 rings (SSSR count). The Hall–Kier alpha value is -3.15. The van der Waals surface area contributed by atoms with Crippen LogP contribution >= 0.6 is 0 Å². The summed E-state index contributed by atoms with van der Waals surface area (Å²) in [6.07, 6.45) is 0. The summed E-state index contributed by atoms with van der Waals surface area (Å²) in [6.45, 7) is 4.98. The summed E-state index contributed by atoms with van der Waals surface area (Å²) in [5, 5.41) is 3.76. The third kappa shape index (κ3) is 5.95. The summed E-state index contributed by atoms with van der Waals surface area (Å²) in [5.41, 5.74) is 1.27. The highest BCUT2D eigenvalue weighted by atomic mass is 16.7. The van der Waals surface area contributed by atoms with Crippen molar-refractivity contribution in [2.45, 2.75) is 33.4 Å². The molecule has 0 fully saturated rings. The van der Waals surface area contributed by atoms with Crippen LogP contribution in [0.3, 0.4) is 0 Å². The molecule has 0 saturated carbocycles. The van der Waals surface area contributed by atoms with E-state index in [2.05, 4.69) is 5.32 Å². The summed E-state index contributed by atoms with van der Waals surface area (Å²) < 4.78 is 0. The van der Waals surface area contributed by atoms with Gasteiger partial charge >= 0.3 is 5.97 Å². The maximum absolute atomic E-state index is 13.0. The predicted octanol–water partition coefficient (Wildman–Crippen LogP) is 2.95. The molecule has 0 saturated heterocycles. The second-order valence-corrected chi connectivity index (χ2v) is 6.50. The predicted molar refractivity (Wildman–Crippen MR) is 101 cm³/mol. The first-order valence-electron chi connectivity index (χ1n) is 8.78. The van der Waals surface area contributed by atoms with E-state index in [9.17, 15) is 14.4 Å². The zero-order valence-electron chi connectivity index (χ0n) is 15.7. The molecule has 142 valence electrons. The van der Waals surface area contributed by atoms with Gasteiger partial charge in [0.1, 0.15) is 6.04 Å². The van der Waals surface area contributed by atoms with Gasteiger partial charge in [-0.3, -0.25) is 14.4 Å². The lowest BCUT2D eigenvalue weighted by Gasteiger charge is -2.28. The van der Waals surface area contributed by atoms with Crippen LogP contribution in [0.15, 0.2) is 60.7 Å². The Morgan fingerprint density at radius 3 is 2.04 bits per heavy atom. The highest BCUT2D eigenvalue weighted by Gasteiger charge is 2.31. The molecule has 6 nitrogen and oxygen atoms in total. The van der Waals surface area contributed by atoms with Crippen molar-refractivity contribution in [2.75, 3.05) is 0 Å². The number of hydrogen-bond acceptors (Lipinski definition) is 4. The van der Waals surface area contributed by atoms with Gasteiger partial charge in [-0.1, -0.05) is 62.4 Å². The molecule has 2 amide bonds. The van der Waals surface area contributed by atoms with E-state index >= 15 is 0 Å². The Labute approximate surface area is 159 Å². The van der Waals surface area contributed by atoms with Crippen LogP contribution in [0.25, 0.3) is 0 Å². The molecule has 0 spiro atoms. The molecule has 0 aliphatic heterocycles. The van der Waals surface area contributed by atoms with Gasteiger partial charge in [0.2, 0.25) is 0 Å². The van der Waals surface area contributed by atoms with Gasteiger partial charge in [-0.2, -0.15) is 5.06 Å². The van der Waals surface area contributed by atoms with Crippen LogP contribution in [0.2, 0.25) is 0 Å². The fraction of sp³-hybridized carbons (Fsp3) is 0.286. The average Bonchev–Trinajstić information content (AvgIpc) is 2.65. The number of carbonyl (C=O) groups is 3. The zero-order chi connectivity index (χ0) is 19.8. The molecule has 2 aromatic carbocycles. The molecule has 0 aromatic heterocycles. The van der Waals surface area contributed by atoms with E-state index in [1.54, 1.807) is 24.3 Å². The second kappa shape index (κ2) is 9.52. The van der Waals surface area contributed by atoms with Gasteiger partial charge in [0.25, 0.3) is 11.8 Å². The SMILES string of the molecule is CC(=O)ON(Cc1ccccc1)C(=O)[C@@H](NC(=O)c1ccccc1)C(C)C. The van der Waals surface area contributed by atoms with Crippen molar-refractivity contribution in [3.63, 3.8) is 0 Å². The number of nitrogens with zero attached hydrogens (tertiary/aromatic N) is 1. The number of hydrogen-bond donors (Lipinski definition) is 1. The fourth-order valence-electron chi connectivity index (χ4n) is 2.54. The smallest absolute Gasteiger partial charge is 0.329 e. The van der Waals surface area contributed by atoms with Crippen molar-refractivity contribution < 1.29 is 19.2 Å². The van der Waals surface area contributed by atoms with Gasteiger partial charge in [-0.15, -0.1) is 0 Å². The second-order valence-electron chi connectivity index (χ2n) is 6.50. The van der Waals surface area contributed by atoms with Crippen LogP contribution in [-0.4, -0.2) is 28.9 Å². The lowest BCUT2D eigenvalue weighted by molar-refractivity contribution is -0.200. The molecule has 27 heavy (non-hydrogen) atoms. The van der Waals surface area contributed by atoms with Gasteiger partial charge in [-0.25, -0.2) is 0 Å². The molecule has 1 atom stereocenters. The first kappa shape index (κ1) is 20.2. The van der Waals surface area contributed by atoms with Gasteiger partial charge < -0.3 is 10.2 Å². The first-order valence-corrected chi connectivity index (χ1v) is 8.78. The van der Waals surface area contributed by atoms with Crippen LogP contribution < -0.4 is 5.32 Å². The molecule has 2 aromatic rings. The lowest BCUT2D eigenvalue weighted by Crippen LogP contribution is -2.51. The summed E-state index contributed by atoms with van der Waals surface area (Å²) >= 11 is 0. The van der Waals surface area contributed by atoms with Crippen LogP contribution in [-0.2, 0) is 21.0 Å². The number of benzene rings is 2. The highest BCUT2D eigenvalue weighted by Crippen LogP contribution is 2.13. The molecule has 0 radical (unpaired) electrons. The third-order valence-electron chi connectivity index (χ3n) is 3.91. The molecular weight excluding hydrogens is 344 g/mol. The van der Waals surface area contributed by atoms with Crippen molar-refractivity contribution in [3.8, 4) is 0 Å². The van der Waals surface area contributed by atoms with Crippen LogP contribution in [0.4, 0.5) is 0 Å². The van der Waals surface area contributed by atoms with E-state index in [4.69, 9.17) is 4.84 Å². The van der Waals surface area contributed by atoms with Crippen LogP contribution in [0.1, 0.15) is 36.7 Å². The Balaban J connectivity index is 2.19. The average molecular weight is 368 g/mol. The molecule has 0 bridgehead atoms. The topological polar surface area (TPSA) is 75.7 Å². The van der Waals surface area contributed by atoms with Gasteiger partial charge in [-0.05, 0) is 23.6 Å². The van der Waals surface area contributed by atoms with Gasteiger partial charge in [0.05, 0.1) is 6.54 Å².